The predicted molar refractivity (Wildman–Crippen MR) is 78.7 cm³/mol. The Morgan fingerprint density at radius 2 is 1.79 bits per heavy atom. The zero-order valence-electron chi connectivity index (χ0n) is 11.8. The zero-order chi connectivity index (χ0) is 14.3. The molecule has 0 fully saturated rings. The SMILES string of the molecule is CCCCC(CC)Cc1ccccc1CS(=O)(=O)O. The maximum absolute atomic E-state index is 11.0. The van der Waals surface area contributed by atoms with E-state index >= 15 is 0 Å². The van der Waals surface area contributed by atoms with Crippen molar-refractivity contribution in [1.29, 1.82) is 0 Å². The fourth-order valence-corrected chi connectivity index (χ4v) is 3.02. The van der Waals surface area contributed by atoms with Gasteiger partial charge in [-0.05, 0) is 23.5 Å². The molecule has 0 saturated carbocycles. The zero-order valence-corrected chi connectivity index (χ0v) is 12.6. The van der Waals surface area contributed by atoms with Crippen LogP contribution >= 0.6 is 0 Å². The quantitative estimate of drug-likeness (QED) is 0.738. The van der Waals surface area contributed by atoms with E-state index in [1.54, 1.807) is 6.07 Å². The fourth-order valence-electron chi connectivity index (χ4n) is 2.35. The lowest BCUT2D eigenvalue weighted by atomic mass is 9.90. The Hall–Kier alpha value is -0.870. The lowest BCUT2D eigenvalue weighted by Gasteiger charge is -2.16. The third kappa shape index (κ3) is 6.21. The van der Waals surface area contributed by atoms with Crippen LogP contribution in [0.15, 0.2) is 24.3 Å². The van der Waals surface area contributed by atoms with E-state index in [9.17, 15) is 8.42 Å². The standard InChI is InChI=1S/C15H24O3S/c1-3-5-8-13(4-2)11-14-9-6-7-10-15(14)12-19(16,17)18/h6-7,9-10,13H,3-5,8,11-12H2,1-2H3,(H,16,17,18). The van der Waals surface area contributed by atoms with Gasteiger partial charge >= 0.3 is 0 Å². The number of unbranched alkanes of at least 4 members (excludes halogenated alkanes) is 1. The Labute approximate surface area is 116 Å². The molecule has 0 heterocycles. The van der Waals surface area contributed by atoms with Crippen molar-refractivity contribution in [2.24, 2.45) is 5.92 Å². The van der Waals surface area contributed by atoms with Gasteiger partial charge in [0.2, 0.25) is 0 Å². The molecule has 1 rings (SSSR count). The third-order valence-corrected chi connectivity index (χ3v) is 4.18. The first-order chi connectivity index (χ1) is 8.96. The molecule has 0 amide bonds. The molecule has 0 saturated heterocycles. The van der Waals surface area contributed by atoms with Gasteiger partial charge in [-0.3, -0.25) is 4.55 Å². The van der Waals surface area contributed by atoms with E-state index in [2.05, 4.69) is 13.8 Å². The number of hydrogen-bond acceptors (Lipinski definition) is 2. The average molecular weight is 284 g/mol. The molecule has 4 heteroatoms. The first-order valence-electron chi connectivity index (χ1n) is 6.98. The second kappa shape index (κ2) is 7.65. The van der Waals surface area contributed by atoms with Crippen LogP contribution in [0.4, 0.5) is 0 Å². The summed E-state index contributed by atoms with van der Waals surface area (Å²) in [5, 5.41) is 0. The van der Waals surface area contributed by atoms with E-state index in [1.165, 1.54) is 19.3 Å². The Bertz CT molecular complexity index is 480. The van der Waals surface area contributed by atoms with E-state index in [4.69, 9.17) is 4.55 Å². The van der Waals surface area contributed by atoms with Gasteiger partial charge < -0.3 is 0 Å². The molecule has 0 spiro atoms. The molecule has 0 aliphatic carbocycles. The highest BCUT2D eigenvalue weighted by molar-refractivity contribution is 7.85. The second-order valence-corrected chi connectivity index (χ2v) is 6.57. The lowest BCUT2D eigenvalue weighted by molar-refractivity contribution is 0.447. The van der Waals surface area contributed by atoms with Crippen molar-refractivity contribution in [2.45, 2.75) is 51.7 Å². The molecular formula is C15H24O3S. The molecule has 1 aromatic carbocycles. The smallest absolute Gasteiger partial charge is 0.269 e. The summed E-state index contributed by atoms with van der Waals surface area (Å²) in [5.74, 6) is 0.301. The van der Waals surface area contributed by atoms with E-state index < -0.39 is 10.1 Å². The predicted octanol–water partition coefficient (Wildman–Crippen LogP) is 3.83. The first kappa shape index (κ1) is 16.2. The summed E-state index contributed by atoms with van der Waals surface area (Å²) in [6, 6.07) is 7.50. The average Bonchev–Trinajstić information content (AvgIpc) is 2.34. The van der Waals surface area contributed by atoms with Crippen LogP contribution in [0, 0.1) is 5.92 Å². The second-order valence-electron chi connectivity index (χ2n) is 5.12. The highest BCUT2D eigenvalue weighted by atomic mass is 32.2. The van der Waals surface area contributed by atoms with E-state index in [0.717, 1.165) is 24.0 Å². The van der Waals surface area contributed by atoms with Crippen molar-refractivity contribution in [3.63, 3.8) is 0 Å². The van der Waals surface area contributed by atoms with Crippen molar-refractivity contribution in [3.8, 4) is 0 Å². The van der Waals surface area contributed by atoms with E-state index in [0.29, 0.717) is 5.92 Å². The van der Waals surface area contributed by atoms with Crippen LogP contribution in [0.3, 0.4) is 0 Å². The third-order valence-electron chi connectivity index (χ3n) is 3.51. The van der Waals surface area contributed by atoms with Crippen LogP contribution in [-0.4, -0.2) is 13.0 Å². The van der Waals surface area contributed by atoms with Crippen molar-refractivity contribution in [2.75, 3.05) is 0 Å². The molecule has 0 aliphatic heterocycles. The molecule has 108 valence electrons. The Morgan fingerprint density at radius 1 is 1.16 bits per heavy atom. The maximum atomic E-state index is 11.0. The van der Waals surface area contributed by atoms with Gasteiger partial charge in [-0.15, -0.1) is 0 Å². The van der Waals surface area contributed by atoms with Gasteiger partial charge in [0.05, 0.1) is 0 Å². The van der Waals surface area contributed by atoms with E-state index in [-0.39, 0.29) is 5.75 Å². The number of rotatable bonds is 8. The van der Waals surface area contributed by atoms with Crippen molar-refractivity contribution < 1.29 is 13.0 Å². The summed E-state index contributed by atoms with van der Waals surface area (Å²) in [5.41, 5.74) is 1.77. The van der Waals surface area contributed by atoms with Gasteiger partial charge in [0.15, 0.2) is 0 Å². The first-order valence-corrected chi connectivity index (χ1v) is 8.59. The molecule has 0 aromatic heterocycles. The van der Waals surface area contributed by atoms with Crippen molar-refractivity contribution >= 4 is 10.1 Å². The highest BCUT2D eigenvalue weighted by Gasteiger charge is 2.13. The van der Waals surface area contributed by atoms with Crippen LogP contribution in [0.1, 0.15) is 50.7 Å². The summed E-state index contributed by atoms with van der Waals surface area (Å²) in [7, 11) is -3.96. The molecule has 0 aliphatic rings. The van der Waals surface area contributed by atoms with E-state index in [1.807, 2.05) is 18.2 Å². The largest absolute Gasteiger partial charge is 0.285 e. The fraction of sp³-hybridized carbons (Fsp3) is 0.600. The summed E-state index contributed by atoms with van der Waals surface area (Å²) < 4.78 is 31.1. The van der Waals surface area contributed by atoms with Crippen LogP contribution in [0.25, 0.3) is 0 Å². The minimum atomic E-state index is -3.96. The molecule has 1 aromatic rings. The van der Waals surface area contributed by atoms with Crippen LogP contribution in [0.2, 0.25) is 0 Å². The molecule has 1 N–H and O–H groups in total. The number of hydrogen-bond donors (Lipinski definition) is 1. The molecule has 1 unspecified atom stereocenters. The van der Waals surface area contributed by atoms with Crippen LogP contribution in [0.5, 0.6) is 0 Å². The summed E-state index contributed by atoms with van der Waals surface area (Å²) in [6.45, 7) is 4.35. The maximum Gasteiger partial charge on any atom is 0.269 e. The lowest BCUT2D eigenvalue weighted by Crippen LogP contribution is -2.09. The van der Waals surface area contributed by atoms with Gasteiger partial charge in [-0.1, -0.05) is 63.8 Å². The normalized spacial score (nSPS) is 13.4. The monoisotopic (exact) mass is 284 g/mol. The minimum absolute atomic E-state index is 0.284. The summed E-state index contributed by atoms with van der Waals surface area (Å²) in [6.07, 6.45) is 5.55. The summed E-state index contributed by atoms with van der Waals surface area (Å²) in [4.78, 5) is 0. The summed E-state index contributed by atoms with van der Waals surface area (Å²) >= 11 is 0. The topological polar surface area (TPSA) is 54.4 Å². The Kier molecular flexibility index (Phi) is 6.52. The van der Waals surface area contributed by atoms with Crippen molar-refractivity contribution in [1.82, 2.24) is 0 Å². The van der Waals surface area contributed by atoms with Gasteiger partial charge in [0.25, 0.3) is 10.1 Å². The van der Waals surface area contributed by atoms with Gasteiger partial charge in [0, 0.05) is 0 Å². The number of benzene rings is 1. The molecule has 1 atom stereocenters. The Morgan fingerprint density at radius 3 is 2.32 bits per heavy atom. The minimum Gasteiger partial charge on any atom is -0.285 e. The molecule has 3 nitrogen and oxygen atoms in total. The van der Waals surface area contributed by atoms with Gasteiger partial charge in [-0.2, -0.15) is 8.42 Å². The van der Waals surface area contributed by atoms with Gasteiger partial charge in [0.1, 0.15) is 5.75 Å². The van der Waals surface area contributed by atoms with Gasteiger partial charge in [-0.25, -0.2) is 0 Å². The van der Waals surface area contributed by atoms with Crippen molar-refractivity contribution in [3.05, 3.63) is 35.4 Å². The molecule has 0 radical (unpaired) electrons. The Balaban J connectivity index is 2.81. The van der Waals surface area contributed by atoms with Crippen LogP contribution in [-0.2, 0) is 22.3 Å². The highest BCUT2D eigenvalue weighted by Crippen LogP contribution is 2.22. The molecule has 0 bridgehead atoms. The van der Waals surface area contributed by atoms with Crippen LogP contribution < -0.4 is 0 Å². The molecular weight excluding hydrogens is 260 g/mol. The molecule has 19 heavy (non-hydrogen) atoms.